The first-order valence-corrected chi connectivity index (χ1v) is 4.06. The summed E-state index contributed by atoms with van der Waals surface area (Å²) < 4.78 is 0. The molecule has 1 aromatic carbocycles. The Morgan fingerprint density at radius 2 is 1.77 bits per heavy atom. The number of halogens is 2. The molecule has 0 atom stereocenters. The maximum atomic E-state index is 10.8. The van der Waals surface area contributed by atoms with Crippen molar-refractivity contribution in [2.45, 2.75) is 0 Å². The second-order valence-corrected chi connectivity index (χ2v) is 3.16. The van der Waals surface area contributed by atoms with Gasteiger partial charge < -0.3 is 5.73 Å². The first-order valence-electron chi connectivity index (χ1n) is 3.30. The van der Waals surface area contributed by atoms with Crippen molar-refractivity contribution in [1.82, 2.24) is 0 Å². The number of hydrogen-bond donors (Lipinski definition) is 1. The number of primary amides is 1. The molecule has 0 aromatic heterocycles. The Bertz CT molecular complexity index is 353. The van der Waals surface area contributed by atoms with Crippen LogP contribution in [0, 0.1) is 0 Å². The molecule has 0 fully saturated rings. The van der Waals surface area contributed by atoms with E-state index >= 15 is 0 Å². The van der Waals surface area contributed by atoms with E-state index in [9.17, 15) is 9.59 Å². The maximum Gasteiger partial charge on any atom is 0.251 e. The monoisotopic (exact) mass is 217 g/mol. The number of amides is 1. The fraction of sp³-hybridized carbons (Fsp3) is 0. The quantitative estimate of drug-likeness (QED) is 0.770. The third-order valence-corrected chi connectivity index (χ3v) is 2.04. The van der Waals surface area contributed by atoms with Crippen LogP contribution in [0.25, 0.3) is 0 Å². The topological polar surface area (TPSA) is 60.2 Å². The lowest BCUT2D eigenvalue weighted by atomic mass is 10.1. The second kappa shape index (κ2) is 3.77. The van der Waals surface area contributed by atoms with Crippen LogP contribution < -0.4 is 5.73 Å². The van der Waals surface area contributed by atoms with E-state index in [-0.39, 0.29) is 15.6 Å². The Labute approximate surface area is 84.4 Å². The fourth-order valence-electron chi connectivity index (χ4n) is 0.896. The average Bonchev–Trinajstić information content (AvgIpc) is 2.02. The number of carbonyl (C=O) groups is 2. The van der Waals surface area contributed by atoms with Crippen molar-refractivity contribution >= 4 is 35.4 Å². The van der Waals surface area contributed by atoms with Crippen molar-refractivity contribution in [2.75, 3.05) is 0 Å². The van der Waals surface area contributed by atoms with Gasteiger partial charge in [0, 0.05) is 5.56 Å². The van der Waals surface area contributed by atoms with Gasteiger partial charge in [-0.1, -0.05) is 23.2 Å². The largest absolute Gasteiger partial charge is 0.366 e. The maximum absolute atomic E-state index is 10.8. The SMILES string of the molecule is NC(=O)c1c(Cl)cc(C=O)cc1Cl. The number of carbonyl (C=O) groups excluding carboxylic acids is 2. The lowest BCUT2D eigenvalue weighted by Crippen LogP contribution is -2.12. The molecule has 68 valence electrons. The standard InChI is InChI=1S/C8H5Cl2NO2/c9-5-1-4(3-12)2-6(10)7(5)8(11)13/h1-3H,(H2,11,13). The predicted molar refractivity (Wildman–Crippen MR) is 50.4 cm³/mol. The molecule has 2 N–H and O–H groups in total. The van der Waals surface area contributed by atoms with E-state index in [1.54, 1.807) is 0 Å². The normalized spacial score (nSPS) is 9.69. The van der Waals surface area contributed by atoms with Crippen molar-refractivity contribution < 1.29 is 9.59 Å². The summed E-state index contributed by atoms with van der Waals surface area (Å²) in [6.07, 6.45) is 0.586. The van der Waals surface area contributed by atoms with Crippen LogP contribution in [0.2, 0.25) is 10.0 Å². The highest BCUT2D eigenvalue weighted by molar-refractivity contribution is 6.40. The lowest BCUT2D eigenvalue weighted by molar-refractivity contribution is 0.0999. The second-order valence-electron chi connectivity index (χ2n) is 2.34. The molecule has 0 heterocycles. The summed E-state index contributed by atoms with van der Waals surface area (Å²) in [6.45, 7) is 0. The van der Waals surface area contributed by atoms with E-state index in [4.69, 9.17) is 28.9 Å². The molecule has 3 nitrogen and oxygen atoms in total. The van der Waals surface area contributed by atoms with Gasteiger partial charge in [0.1, 0.15) is 6.29 Å². The van der Waals surface area contributed by atoms with Gasteiger partial charge in [0.25, 0.3) is 5.91 Å². The average molecular weight is 218 g/mol. The fourth-order valence-corrected chi connectivity index (χ4v) is 1.59. The molecule has 0 bridgehead atoms. The minimum atomic E-state index is -0.715. The van der Waals surface area contributed by atoms with Gasteiger partial charge >= 0.3 is 0 Å². The third-order valence-electron chi connectivity index (χ3n) is 1.45. The van der Waals surface area contributed by atoms with Crippen LogP contribution >= 0.6 is 23.2 Å². The van der Waals surface area contributed by atoms with Gasteiger partial charge in [-0.05, 0) is 12.1 Å². The van der Waals surface area contributed by atoms with Crippen molar-refractivity contribution in [3.63, 3.8) is 0 Å². The van der Waals surface area contributed by atoms with E-state index in [0.29, 0.717) is 11.8 Å². The molecule has 5 heteroatoms. The minimum Gasteiger partial charge on any atom is -0.366 e. The Morgan fingerprint density at radius 1 is 1.31 bits per heavy atom. The highest BCUT2D eigenvalue weighted by Crippen LogP contribution is 2.25. The Morgan fingerprint density at radius 3 is 2.08 bits per heavy atom. The van der Waals surface area contributed by atoms with Crippen molar-refractivity contribution in [1.29, 1.82) is 0 Å². The molecule has 0 aliphatic heterocycles. The molecule has 0 saturated carbocycles. The molecular formula is C8H5Cl2NO2. The third kappa shape index (κ3) is 1.99. The van der Waals surface area contributed by atoms with Crippen molar-refractivity contribution in [3.8, 4) is 0 Å². The Hall–Kier alpha value is -1.06. The van der Waals surface area contributed by atoms with Crippen molar-refractivity contribution in [2.24, 2.45) is 5.73 Å². The molecule has 0 aliphatic carbocycles. The van der Waals surface area contributed by atoms with Gasteiger partial charge in [-0.3, -0.25) is 9.59 Å². The van der Waals surface area contributed by atoms with Crippen LogP contribution in [0.5, 0.6) is 0 Å². The number of rotatable bonds is 2. The first kappa shape index (κ1) is 10.0. The van der Waals surface area contributed by atoms with E-state index in [1.165, 1.54) is 12.1 Å². The van der Waals surface area contributed by atoms with E-state index in [1.807, 2.05) is 0 Å². The van der Waals surface area contributed by atoms with Crippen LogP contribution in [0.15, 0.2) is 12.1 Å². The molecule has 1 rings (SSSR count). The summed E-state index contributed by atoms with van der Waals surface area (Å²) in [7, 11) is 0. The minimum absolute atomic E-state index is 0.0360. The molecule has 1 amide bonds. The van der Waals surface area contributed by atoms with E-state index in [2.05, 4.69) is 0 Å². The van der Waals surface area contributed by atoms with E-state index in [0.717, 1.165) is 0 Å². The van der Waals surface area contributed by atoms with Gasteiger partial charge in [0.15, 0.2) is 0 Å². The van der Waals surface area contributed by atoms with Crippen LogP contribution in [-0.2, 0) is 0 Å². The number of nitrogens with two attached hydrogens (primary N) is 1. The van der Waals surface area contributed by atoms with Gasteiger partial charge in [-0.2, -0.15) is 0 Å². The zero-order valence-corrected chi connectivity index (χ0v) is 7.89. The predicted octanol–water partition coefficient (Wildman–Crippen LogP) is 1.90. The number of benzene rings is 1. The summed E-state index contributed by atoms with van der Waals surface area (Å²) in [4.78, 5) is 21.2. The van der Waals surface area contributed by atoms with Gasteiger partial charge in [0.05, 0.1) is 15.6 Å². The molecule has 0 spiro atoms. The molecule has 13 heavy (non-hydrogen) atoms. The summed E-state index contributed by atoms with van der Waals surface area (Å²) in [5, 5.41) is 0.171. The molecule has 0 saturated heterocycles. The molecule has 0 aliphatic rings. The van der Waals surface area contributed by atoms with Gasteiger partial charge in [-0.15, -0.1) is 0 Å². The Balaban J connectivity index is 3.39. The van der Waals surface area contributed by atoms with Crippen LogP contribution in [0.1, 0.15) is 20.7 Å². The van der Waals surface area contributed by atoms with Crippen LogP contribution in [0.4, 0.5) is 0 Å². The highest BCUT2D eigenvalue weighted by Gasteiger charge is 2.12. The van der Waals surface area contributed by atoms with Crippen molar-refractivity contribution in [3.05, 3.63) is 33.3 Å². The summed E-state index contributed by atoms with van der Waals surface area (Å²) in [6, 6.07) is 2.67. The number of hydrogen-bond acceptors (Lipinski definition) is 2. The summed E-state index contributed by atoms with van der Waals surface area (Å²) >= 11 is 11.3. The lowest BCUT2D eigenvalue weighted by Gasteiger charge is -2.02. The zero-order valence-electron chi connectivity index (χ0n) is 6.38. The zero-order chi connectivity index (χ0) is 10.0. The smallest absolute Gasteiger partial charge is 0.251 e. The molecular weight excluding hydrogens is 213 g/mol. The number of aldehydes is 1. The van der Waals surface area contributed by atoms with Crippen LogP contribution in [-0.4, -0.2) is 12.2 Å². The van der Waals surface area contributed by atoms with Gasteiger partial charge in [-0.25, -0.2) is 0 Å². The summed E-state index contributed by atoms with van der Waals surface area (Å²) in [5.74, 6) is -0.715. The first-order chi connectivity index (χ1) is 6.06. The molecule has 0 radical (unpaired) electrons. The molecule has 1 aromatic rings. The highest BCUT2D eigenvalue weighted by atomic mass is 35.5. The molecule has 0 unspecified atom stereocenters. The Kier molecular flexibility index (Phi) is 2.90. The van der Waals surface area contributed by atoms with Gasteiger partial charge in [0.2, 0.25) is 0 Å². The van der Waals surface area contributed by atoms with E-state index < -0.39 is 5.91 Å². The van der Waals surface area contributed by atoms with Crippen LogP contribution in [0.3, 0.4) is 0 Å². The summed E-state index contributed by atoms with van der Waals surface area (Å²) in [5.41, 5.74) is 5.35.